The van der Waals surface area contributed by atoms with Crippen molar-refractivity contribution in [1.29, 1.82) is 0 Å². The van der Waals surface area contributed by atoms with Crippen LogP contribution in [-0.4, -0.2) is 76.3 Å². The number of amides is 2. The fraction of sp³-hybridized carbons (Fsp3) is 0.550. The molecule has 2 amide bonds. The molecule has 2 fully saturated rings. The molecule has 0 aliphatic carbocycles. The largest absolute Gasteiger partial charge is 0.378 e. The van der Waals surface area contributed by atoms with Crippen molar-refractivity contribution >= 4 is 34.6 Å². The predicted molar refractivity (Wildman–Crippen MR) is 108 cm³/mol. The maximum absolute atomic E-state index is 12.8. The summed E-state index contributed by atoms with van der Waals surface area (Å²) in [5.74, 6) is 0.541. The normalized spacial score (nSPS) is 17.9. The molecule has 28 heavy (non-hydrogen) atoms. The van der Waals surface area contributed by atoms with E-state index in [-0.39, 0.29) is 18.4 Å². The zero-order valence-corrected chi connectivity index (χ0v) is 16.8. The van der Waals surface area contributed by atoms with Crippen molar-refractivity contribution in [2.75, 3.05) is 45.1 Å². The van der Waals surface area contributed by atoms with Gasteiger partial charge in [0.05, 0.1) is 30.0 Å². The number of morpholine rings is 1. The van der Waals surface area contributed by atoms with Gasteiger partial charge in [-0.2, -0.15) is 0 Å². The first kappa shape index (κ1) is 19.3. The minimum Gasteiger partial charge on any atom is -0.378 e. The second-order valence-corrected chi connectivity index (χ2v) is 8.14. The standard InChI is InChI=1S/C20H26N4O3S/c25-18(22-8-4-1-5-9-22)14-24-17-7-3-2-6-16(17)21-20(24)28-15-19(26)23-10-12-27-13-11-23/h2-3,6-7H,1,4-5,8-15H2. The second-order valence-electron chi connectivity index (χ2n) is 7.19. The third-order valence-electron chi connectivity index (χ3n) is 5.31. The van der Waals surface area contributed by atoms with Crippen molar-refractivity contribution in [2.24, 2.45) is 0 Å². The molecule has 0 N–H and O–H groups in total. The highest BCUT2D eigenvalue weighted by Gasteiger charge is 2.22. The van der Waals surface area contributed by atoms with Gasteiger partial charge in [0, 0.05) is 26.2 Å². The van der Waals surface area contributed by atoms with Crippen molar-refractivity contribution in [3.8, 4) is 0 Å². The minimum atomic E-state index is 0.0919. The van der Waals surface area contributed by atoms with Crippen molar-refractivity contribution in [2.45, 2.75) is 31.0 Å². The molecule has 2 aromatic rings. The number of carbonyl (C=O) groups excluding carboxylic acids is 2. The molecule has 3 heterocycles. The Balaban J connectivity index is 1.49. The molecular weight excluding hydrogens is 376 g/mol. The van der Waals surface area contributed by atoms with Crippen LogP contribution in [0.3, 0.4) is 0 Å². The summed E-state index contributed by atoms with van der Waals surface area (Å²) in [5, 5.41) is 0.730. The van der Waals surface area contributed by atoms with Crippen LogP contribution in [0.1, 0.15) is 19.3 Å². The number of benzene rings is 1. The Kier molecular flexibility index (Phi) is 6.17. The van der Waals surface area contributed by atoms with Gasteiger partial charge in [-0.15, -0.1) is 0 Å². The van der Waals surface area contributed by atoms with Gasteiger partial charge < -0.3 is 19.1 Å². The molecule has 150 valence electrons. The highest BCUT2D eigenvalue weighted by molar-refractivity contribution is 7.99. The third kappa shape index (κ3) is 4.33. The Morgan fingerprint density at radius 2 is 1.68 bits per heavy atom. The first-order valence-electron chi connectivity index (χ1n) is 9.94. The number of piperidine rings is 1. The van der Waals surface area contributed by atoms with Crippen molar-refractivity contribution in [1.82, 2.24) is 19.4 Å². The van der Waals surface area contributed by atoms with E-state index >= 15 is 0 Å². The second kappa shape index (κ2) is 8.96. The first-order chi connectivity index (χ1) is 13.7. The molecule has 8 heteroatoms. The van der Waals surface area contributed by atoms with Crippen LogP contribution in [0.25, 0.3) is 11.0 Å². The van der Waals surface area contributed by atoms with E-state index in [9.17, 15) is 9.59 Å². The number of para-hydroxylation sites is 2. The van der Waals surface area contributed by atoms with Crippen LogP contribution >= 0.6 is 11.8 Å². The lowest BCUT2D eigenvalue weighted by Crippen LogP contribution is -2.41. The van der Waals surface area contributed by atoms with Gasteiger partial charge in [-0.25, -0.2) is 4.98 Å². The number of fused-ring (bicyclic) bond motifs is 1. The van der Waals surface area contributed by atoms with E-state index in [1.54, 1.807) is 0 Å². The lowest BCUT2D eigenvalue weighted by atomic mass is 10.1. The van der Waals surface area contributed by atoms with Crippen LogP contribution in [0.2, 0.25) is 0 Å². The van der Waals surface area contributed by atoms with Crippen LogP contribution in [0, 0.1) is 0 Å². The summed E-state index contributed by atoms with van der Waals surface area (Å²) in [6, 6.07) is 7.84. The van der Waals surface area contributed by atoms with Crippen LogP contribution < -0.4 is 0 Å². The molecular formula is C20H26N4O3S. The van der Waals surface area contributed by atoms with Gasteiger partial charge in [-0.3, -0.25) is 9.59 Å². The maximum Gasteiger partial charge on any atom is 0.242 e. The zero-order valence-electron chi connectivity index (χ0n) is 16.0. The highest BCUT2D eigenvalue weighted by atomic mass is 32.2. The Hall–Kier alpha value is -2.06. The third-order valence-corrected chi connectivity index (χ3v) is 6.27. The molecule has 0 saturated carbocycles. The number of carbonyl (C=O) groups is 2. The number of thioether (sulfide) groups is 1. The predicted octanol–water partition coefficient (Wildman–Crippen LogP) is 2.00. The summed E-state index contributed by atoms with van der Waals surface area (Å²) in [6.45, 7) is 4.42. The van der Waals surface area contributed by atoms with Crippen molar-refractivity contribution in [3.63, 3.8) is 0 Å². The summed E-state index contributed by atoms with van der Waals surface area (Å²) in [7, 11) is 0. The number of nitrogens with zero attached hydrogens (tertiary/aromatic N) is 4. The van der Waals surface area contributed by atoms with Crippen LogP contribution in [0.5, 0.6) is 0 Å². The Labute approximate surface area is 169 Å². The zero-order chi connectivity index (χ0) is 19.3. The summed E-state index contributed by atoms with van der Waals surface area (Å²) >= 11 is 1.41. The quantitative estimate of drug-likeness (QED) is 0.716. The van der Waals surface area contributed by atoms with E-state index in [1.165, 1.54) is 18.2 Å². The van der Waals surface area contributed by atoms with E-state index in [4.69, 9.17) is 4.74 Å². The average Bonchev–Trinajstić information content (AvgIpc) is 3.10. The SMILES string of the molecule is O=C(CSc1nc2ccccc2n1CC(=O)N1CCCCC1)N1CCOCC1. The molecule has 0 spiro atoms. The van der Waals surface area contributed by atoms with E-state index in [0.717, 1.165) is 42.1 Å². The van der Waals surface area contributed by atoms with E-state index < -0.39 is 0 Å². The lowest BCUT2D eigenvalue weighted by Gasteiger charge is -2.27. The summed E-state index contributed by atoms with van der Waals surface area (Å²) in [5.41, 5.74) is 1.80. The minimum absolute atomic E-state index is 0.0919. The van der Waals surface area contributed by atoms with Gasteiger partial charge in [-0.05, 0) is 31.4 Å². The lowest BCUT2D eigenvalue weighted by molar-refractivity contribution is -0.133. The number of hydrogen-bond donors (Lipinski definition) is 0. The summed E-state index contributed by atoms with van der Waals surface area (Å²) in [4.78, 5) is 33.8. The number of likely N-dealkylation sites (tertiary alicyclic amines) is 1. The smallest absolute Gasteiger partial charge is 0.242 e. The molecule has 7 nitrogen and oxygen atoms in total. The molecule has 1 aromatic carbocycles. The number of imidazole rings is 1. The molecule has 0 unspecified atom stereocenters. The molecule has 0 atom stereocenters. The van der Waals surface area contributed by atoms with Crippen LogP contribution in [-0.2, 0) is 20.9 Å². The topological polar surface area (TPSA) is 67.7 Å². The summed E-state index contributed by atoms with van der Waals surface area (Å²) < 4.78 is 7.28. The van der Waals surface area contributed by atoms with Crippen molar-refractivity contribution < 1.29 is 14.3 Å². The fourth-order valence-electron chi connectivity index (χ4n) is 3.73. The Bertz CT molecular complexity index is 841. The molecule has 0 bridgehead atoms. The Morgan fingerprint density at radius 1 is 0.964 bits per heavy atom. The van der Waals surface area contributed by atoms with Crippen LogP contribution in [0.15, 0.2) is 29.4 Å². The van der Waals surface area contributed by atoms with Gasteiger partial charge >= 0.3 is 0 Å². The van der Waals surface area contributed by atoms with Gasteiger partial charge in [0.25, 0.3) is 0 Å². The van der Waals surface area contributed by atoms with E-state index in [2.05, 4.69) is 4.98 Å². The monoisotopic (exact) mass is 402 g/mol. The number of ether oxygens (including phenoxy) is 1. The summed E-state index contributed by atoms with van der Waals surface area (Å²) in [6.07, 6.45) is 3.35. The maximum atomic E-state index is 12.8. The number of hydrogen-bond acceptors (Lipinski definition) is 5. The molecule has 4 rings (SSSR count). The highest BCUT2D eigenvalue weighted by Crippen LogP contribution is 2.25. The van der Waals surface area contributed by atoms with Gasteiger partial charge in [0.1, 0.15) is 6.54 Å². The van der Waals surface area contributed by atoms with Gasteiger partial charge in [0.2, 0.25) is 11.8 Å². The van der Waals surface area contributed by atoms with E-state index in [1.807, 2.05) is 38.6 Å². The fourth-order valence-corrected chi connectivity index (χ4v) is 4.64. The number of rotatable bonds is 5. The average molecular weight is 403 g/mol. The van der Waals surface area contributed by atoms with Gasteiger partial charge in [-0.1, -0.05) is 23.9 Å². The van der Waals surface area contributed by atoms with Gasteiger partial charge in [0.15, 0.2) is 5.16 Å². The molecule has 2 aliphatic rings. The molecule has 1 aromatic heterocycles. The van der Waals surface area contributed by atoms with Crippen molar-refractivity contribution in [3.05, 3.63) is 24.3 Å². The molecule has 2 aliphatic heterocycles. The molecule has 0 radical (unpaired) electrons. The molecule has 2 saturated heterocycles. The first-order valence-corrected chi connectivity index (χ1v) is 10.9. The Morgan fingerprint density at radius 3 is 2.46 bits per heavy atom. The van der Waals surface area contributed by atoms with Crippen LogP contribution in [0.4, 0.5) is 0 Å². The van der Waals surface area contributed by atoms with E-state index in [0.29, 0.717) is 32.1 Å². The number of aromatic nitrogens is 2.